The Morgan fingerprint density at radius 2 is 1.53 bits per heavy atom. The van der Waals surface area contributed by atoms with Crippen molar-refractivity contribution in [2.24, 2.45) is 27.9 Å². The van der Waals surface area contributed by atoms with E-state index in [1.807, 2.05) is 0 Å². The summed E-state index contributed by atoms with van der Waals surface area (Å²) in [5, 5.41) is 26.6. The van der Waals surface area contributed by atoms with E-state index in [4.69, 9.17) is 22.9 Å². The van der Waals surface area contributed by atoms with Gasteiger partial charge in [-0.05, 0) is 45.6 Å². The highest BCUT2D eigenvalue weighted by molar-refractivity contribution is 7.80. The van der Waals surface area contributed by atoms with E-state index in [2.05, 4.69) is 33.6 Å². The quantitative estimate of drug-likeness (QED) is 0.0400. The number of hydrogen-bond acceptors (Lipinski definition) is 9. The fourth-order valence-electron chi connectivity index (χ4n) is 2.80. The molecule has 13 N–H and O–H groups in total. The lowest BCUT2D eigenvalue weighted by Gasteiger charge is -2.26. The zero-order chi connectivity index (χ0) is 26.3. The van der Waals surface area contributed by atoms with Crippen molar-refractivity contribution in [3.05, 3.63) is 0 Å². The molecule has 0 aliphatic heterocycles. The fourth-order valence-corrected chi connectivity index (χ4v) is 2.97. The number of nitrogens with zero attached hydrogens (tertiary/aromatic N) is 1. The van der Waals surface area contributed by atoms with Crippen LogP contribution in [0.4, 0.5) is 0 Å². The van der Waals surface area contributed by atoms with E-state index in [0.717, 1.165) is 0 Å². The van der Waals surface area contributed by atoms with Gasteiger partial charge in [0.15, 0.2) is 5.96 Å². The molecule has 5 atom stereocenters. The molecule has 34 heavy (non-hydrogen) atoms. The minimum atomic E-state index is -1.41. The molecule has 0 aromatic heterocycles. The Kier molecular flexibility index (Phi) is 15.6. The Labute approximate surface area is 204 Å². The molecule has 0 saturated carbocycles. The highest BCUT2D eigenvalue weighted by Crippen LogP contribution is 2.06. The van der Waals surface area contributed by atoms with Gasteiger partial charge in [0.25, 0.3) is 0 Å². The maximum absolute atomic E-state index is 12.8. The molecule has 0 radical (unpaired) electrons. The van der Waals surface area contributed by atoms with Crippen LogP contribution in [-0.2, 0) is 19.2 Å². The van der Waals surface area contributed by atoms with Crippen molar-refractivity contribution in [1.82, 2.24) is 16.0 Å². The largest absolute Gasteiger partial charge is 0.480 e. The monoisotopic (exact) mass is 506 g/mol. The molecule has 0 fully saturated rings. The highest BCUT2D eigenvalue weighted by Gasteiger charge is 2.32. The molecule has 0 aliphatic rings. The summed E-state index contributed by atoms with van der Waals surface area (Å²) in [6.45, 7) is 1.82. The lowest BCUT2D eigenvalue weighted by Crippen LogP contribution is -2.60. The number of carboxylic acid groups (broad SMARTS) is 1. The van der Waals surface area contributed by atoms with Crippen molar-refractivity contribution in [2.75, 3.05) is 18.8 Å². The van der Waals surface area contributed by atoms with Gasteiger partial charge < -0.3 is 49.1 Å². The second-order valence-corrected chi connectivity index (χ2v) is 8.07. The van der Waals surface area contributed by atoms with E-state index < -0.39 is 54.0 Å². The second-order valence-electron chi connectivity index (χ2n) is 7.71. The van der Waals surface area contributed by atoms with Gasteiger partial charge in [-0.3, -0.25) is 19.4 Å². The molecule has 15 heteroatoms. The van der Waals surface area contributed by atoms with Crippen molar-refractivity contribution in [3.63, 3.8) is 0 Å². The zero-order valence-electron chi connectivity index (χ0n) is 19.3. The molecule has 0 rings (SSSR count). The van der Waals surface area contributed by atoms with E-state index in [0.29, 0.717) is 19.4 Å². The third kappa shape index (κ3) is 12.6. The van der Waals surface area contributed by atoms with E-state index in [1.54, 1.807) is 0 Å². The topological polar surface area (TPSA) is 261 Å². The minimum Gasteiger partial charge on any atom is -0.480 e. The van der Waals surface area contributed by atoms with Crippen LogP contribution in [0.5, 0.6) is 0 Å². The first-order chi connectivity index (χ1) is 15.9. The van der Waals surface area contributed by atoms with Gasteiger partial charge in [-0.15, -0.1) is 0 Å². The first kappa shape index (κ1) is 31.4. The number of carbonyl (C=O) groups excluding carboxylic acids is 3. The van der Waals surface area contributed by atoms with Gasteiger partial charge in [0.05, 0.1) is 12.1 Å². The zero-order valence-corrected chi connectivity index (χ0v) is 20.2. The number of carboxylic acids is 1. The number of aliphatic hydroxyl groups is 1. The Bertz CT molecular complexity index is 704. The van der Waals surface area contributed by atoms with Gasteiger partial charge in [0, 0.05) is 12.3 Å². The average molecular weight is 507 g/mol. The lowest BCUT2D eigenvalue weighted by molar-refractivity contribution is -0.142. The number of guanidine groups is 1. The predicted octanol–water partition coefficient (Wildman–Crippen LogP) is -3.65. The third-order valence-corrected chi connectivity index (χ3v) is 5.13. The van der Waals surface area contributed by atoms with E-state index in [1.165, 1.54) is 6.92 Å². The van der Waals surface area contributed by atoms with Crippen molar-refractivity contribution in [3.8, 4) is 0 Å². The van der Waals surface area contributed by atoms with E-state index in [9.17, 15) is 29.4 Å². The number of thiol groups is 1. The standard InChI is InChI=1S/C19H38N8O6S/c1-10(28)14(27-15(29)11(21)9-34)17(31)25-12(6-4-8-24-19(22)23)16(30)26-13(18(32)33)5-2-3-7-20/h10-14,28,34H,2-9,20-21H2,1H3,(H,25,31)(H,26,30)(H,27,29)(H,32,33)(H4,22,23,24). The Hall–Kier alpha value is -2.62. The molecule has 0 bridgehead atoms. The Balaban J connectivity index is 5.48. The number of aliphatic hydroxyl groups excluding tert-OH is 1. The number of amides is 3. The Morgan fingerprint density at radius 3 is 2.03 bits per heavy atom. The number of rotatable bonds is 17. The molecule has 0 aliphatic carbocycles. The summed E-state index contributed by atoms with van der Waals surface area (Å²) in [6, 6.07) is -4.79. The van der Waals surface area contributed by atoms with Gasteiger partial charge in [0.1, 0.15) is 18.1 Å². The number of aliphatic imine (C=N–C) groups is 1. The molecular formula is C19H38N8O6S. The normalized spacial score (nSPS) is 15.2. The lowest BCUT2D eigenvalue weighted by atomic mass is 10.1. The summed E-state index contributed by atoms with van der Waals surface area (Å²) in [6.07, 6.45) is 0.238. The molecule has 5 unspecified atom stereocenters. The summed E-state index contributed by atoms with van der Waals surface area (Å²) in [4.78, 5) is 53.1. The van der Waals surface area contributed by atoms with Crippen LogP contribution in [-0.4, -0.2) is 89.0 Å². The molecule has 0 aromatic carbocycles. The van der Waals surface area contributed by atoms with Gasteiger partial charge >= 0.3 is 5.97 Å². The molecule has 14 nitrogen and oxygen atoms in total. The predicted molar refractivity (Wildman–Crippen MR) is 130 cm³/mol. The Morgan fingerprint density at radius 1 is 0.941 bits per heavy atom. The maximum Gasteiger partial charge on any atom is 0.326 e. The second kappa shape index (κ2) is 16.9. The van der Waals surface area contributed by atoms with Gasteiger partial charge in [-0.25, -0.2) is 4.79 Å². The number of carbonyl (C=O) groups is 4. The number of aliphatic carboxylic acids is 1. The summed E-state index contributed by atoms with van der Waals surface area (Å²) in [7, 11) is 0. The van der Waals surface area contributed by atoms with Crippen LogP contribution in [0.15, 0.2) is 4.99 Å². The molecular weight excluding hydrogens is 468 g/mol. The average Bonchev–Trinajstić information content (AvgIpc) is 2.77. The van der Waals surface area contributed by atoms with E-state index >= 15 is 0 Å². The number of hydrogen-bond donors (Lipinski definition) is 10. The molecule has 0 spiro atoms. The first-order valence-electron chi connectivity index (χ1n) is 10.9. The molecule has 0 aromatic rings. The third-order valence-electron chi connectivity index (χ3n) is 4.74. The van der Waals surface area contributed by atoms with Crippen molar-refractivity contribution >= 4 is 42.3 Å². The van der Waals surface area contributed by atoms with Crippen LogP contribution in [0.3, 0.4) is 0 Å². The van der Waals surface area contributed by atoms with Crippen LogP contribution in [0.2, 0.25) is 0 Å². The molecule has 0 heterocycles. The first-order valence-corrected chi connectivity index (χ1v) is 11.5. The fraction of sp³-hybridized carbons (Fsp3) is 0.737. The molecule has 0 saturated heterocycles. The minimum absolute atomic E-state index is 0.0105. The molecule has 3 amide bonds. The van der Waals surface area contributed by atoms with Crippen molar-refractivity contribution in [2.45, 2.75) is 69.3 Å². The van der Waals surface area contributed by atoms with Crippen LogP contribution in [0, 0.1) is 0 Å². The van der Waals surface area contributed by atoms with Crippen LogP contribution >= 0.6 is 12.6 Å². The summed E-state index contributed by atoms with van der Waals surface area (Å²) < 4.78 is 0. The smallest absolute Gasteiger partial charge is 0.326 e. The van der Waals surface area contributed by atoms with Crippen molar-refractivity contribution < 1.29 is 29.4 Å². The summed E-state index contributed by atoms with van der Waals surface area (Å²) in [5.74, 6) is -3.68. The van der Waals surface area contributed by atoms with Crippen LogP contribution in [0.25, 0.3) is 0 Å². The van der Waals surface area contributed by atoms with Crippen LogP contribution in [0.1, 0.15) is 39.0 Å². The summed E-state index contributed by atoms with van der Waals surface area (Å²) >= 11 is 3.92. The van der Waals surface area contributed by atoms with E-state index in [-0.39, 0.29) is 37.5 Å². The number of nitrogens with one attached hydrogen (secondary N) is 3. The highest BCUT2D eigenvalue weighted by atomic mass is 32.1. The van der Waals surface area contributed by atoms with Crippen molar-refractivity contribution in [1.29, 1.82) is 0 Å². The number of unbranched alkanes of at least 4 members (excludes halogenated alkanes) is 1. The summed E-state index contributed by atoms with van der Waals surface area (Å²) in [5.41, 5.74) is 21.6. The molecule has 196 valence electrons. The number of nitrogens with two attached hydrogens (primary N) is 4. The van der Waals surface area contributed by atoms with Gasteiger partial charge in [0.2, 0.25) is 17.7 Å². The van der Waals surface area contributed by atoms with Gasteiger partial charge in [-0.1, -0.05) is 0 Å². The van der Waals surface area contributed by atoms with Crippen LogP contribution < -0.4 is 38.9 Å². The maximum atomic E-state index is 12.8. The van der Waals surface area contributed by atoms with Gasteiger partial charge in [-0.2, -0.15) is 12.6 Å². The SMILES string of the molecule is CC(O)C(NC(=O)C(N)CS)C(=O)NC(CCCN=C(N)N)C(=O)NC(CCCCN)C(=O)O.